The van der Waals surface area contributed by atoms with Crippen LogP contribution in [0, 0.1) is 11.8 Å². The summed E-state index contributed by atoms with van der Waals surface area (Å²) in [6.45, 7) is 5.50. The van der Waals surface area contributed by atoms with Crippen LogP contribution >= 0.6 is 0 Å². The van der Waals surface area contributed by atoms with Gasteiger partial charge in [-0.3, -0.25) is 9.59 Å². The molecule has 6 aliphatic rings. The lowest BCUT2D eigenvalue weighted by Crippen LogP contribution is -2.49. The number of H-pyrrole nitrogens is 2. The van der Waals surface area contributed by atoms with Crippen molar-refractivity contribution in [2.24, 2.45) is 11.8 Å². The van der Waals surface area contributed by atoms with Crippen LogP contribution in [0.1, 0.15) is 103 Å². The largest absolute Gasteiger partial charge is 0.354 e. The summed E-state index contributed by atoms with van der Waals surface area (Å²) in [5.41, 5.74) is 1.86. The fourth-order valence-corrected chi connectivity index (χ4v) is 9.96. The van der Waals surface area contributed by atoms with Gasteiger partial charge in [0.15, 0.2) is 0 Å². The molecule has 12 heteroatoms. The van der Waals surface area contributed by atoms with Gasteiger partial charge in [-0.15, -0.1) is 0 Å². The van der Waals surface area contributed by atoms with Crippen molar-refractivity contribution in [3.63, 3.8) is 0 Å². The van der Waals surface area contributed by atoms with Crippen LogP contribution in [0.4, 0.5) is 11.6 Å². The molecule has 4 aliphatic carbocycles. The quantitative estimate of drug-likeness (QED) is 0.250. The first-order chi connectivity index (χ1) is 25.5. The van der Waals surface area contributed by atoms with E-state index in [0.29, 0.717) is 17.7 Å². The average molecular weight is 707 g/mol. The zero-order chi connectivity index (χ0) is 35.1. The lowest BCUT2D eigenvalue weighted by Gasteiger charge is -2.36. The fraction of sp³-hybridized carbons (Fsp3) is 0.650. The first kappa shape index (κ1) is 33.6. The number of nitrogens with zero attached hydrogens (tertiary/aromatic N) is 8. The van der Waals surface area contributed by atoms with Crippen molar-refractivity contribution in [3.8, 4) is 0 Å². The van der Waals surface area contributed by atoms with E-state index in [1.165, 1.54) is 44.9 Å². The molecule has 2 aliphatic heterocycles. The summed E-state index contributed by atoms with van der Waals surface area (Å²) in [5.74, 6) is 3.73. The Morgan fingerprint density at radius 3 is 1.71 bits per heavy atom. The Morgan fingerprint density at radius 1 is 0.635 bits per heavy atom. The molecular formula is C40H54N10O2. The van der Waals surface area contributed by atoms with E-state index in [-0.39, 0.29) is 17.0 Å². The molecule has 4 aromatic heterocycles. The zero-order valence-corrected chi connectivity index (χ0v) is 30.6. The predicted octanol–water partition coefficient (Wildman–Crippen LogP) is 6.22. The number of nitrogens with one attached hydrogen (secondary N) is 2. The zero-order valence-electron chi connectivity index (χ0n) is 30.6. The number of anilines is 2. The standard InChI is InChI=1S/2C20H27N5O/c26-17(12-15-4-1-2-5-15)25-11-3-10-24(13-20(25)7-8-20)19-16-6-9-21-18(16)22-14-23-19;26-19(15-5-2-1-3-6-15)25-12-4-11-24(13-20(25)8-9-20)18-16-7-10-21-17(16)22-14-23-18/h6,9,14-15H,1-5,7-8,10-13H2,(H,21,22,23);7,10,14-15H,1-6,8-9,11-13H2,(H,21,22,23). The van der Waals surface area contributed by atoms with Gasteiger partial charge >= 0.3 is 0 Å². The Morgan fingerprint density at radius 2 is 1.15 bits per heavy atom. The predicted molar refractivity (Wildman–Crippen MR) is 202 cm³/mol. The molecule has 52 heavy (non-hydrogen) atoms. The van der Waals surface area contributed by atoms with E-state index in [1.54, 1.807) is 12.7 Å². The van der Waals surface area contributed by atoms with Crippen LogP contribution in [0.15, 0.2) is 37.2 Å². The van der Waals surface area contributed by atoms with Gasteiger partial charge in [-0.05, 0) is 82.3 Å². The molecule has 6 heterocycles. The molecule has 2 N–H and O–H groups in total. The minimum atomic E-state index is 0.0403. The van der Waals surface area contributed by atoms with Crippen molar-refractivity contribution in [2.45, 2.75) is 114 Å². The third-order valence-electron chi connectivity index (χ3n) is 13.1. The molecule has 4 aromatic rings. The van der Waals surface area contributed by atoms with E-state index in [1.807, 2.05) is 12.4 Å². The second-order valence-electron chi connectivity index (χ2n) is 16.6. The van der Waals surface area contributed by atoms with E-state index in [4.69, 9.17) is 0 Å². The monoisotopic (exact) mass is 706 g/mol. The molecule has 10 rings (SSSR count). The van der Waals surface area contributed by atoms with Gasteiger partial charge in [0.2, 0.25) is 11.8 Å². The highest BCUT2D eigenvalue weighted by Gasteiger charge is 2.54. The Kier molecular flexibility index (Phi) is 9.03. The van der Waals surface area contributed by atoms with Crippen LogP contribution < -0.4 is 9.80 Å². The molecular weight excluding hydrogens is 653 g/mol. The summed E-state index contributed by atoms with van der Waals surface area (Å²) in [5, 5.41) is 2.16. The van der Waals surface area contributed by atoms with Crippen LogP contribution in [0.2, 0.25) is 0 Å². The second kappa shape index (κ2) is 14.0. The van der Waals surface area contributed by atoms with Crippen LogP contribution in [0.3, 0.4) is 0 Å². The van der Waals surface area contributed by atoms with E-state index in [0.717, 1.165) is 131 Å². The number of aromatic nitrogens is 6. The summed E-state index contributed by atoms with van der Waals surface area (Å²) in [6, 6.07) is 4.11. The van der Waals surface area contributed by atoms with Gasteiger partial charge in [0.1, 0.15) is 35.6 Å². The summed E-state index contributed by atoms with van der Waals surface area (Å²) >= 11 is 0. The van der Waals surface area contributed by atoms with Crippen molar-refractivity contribution in [2.75, 3.05) is 49.1 Å². The van der Waals surface area contributed by atoms with Gasteiger partial charge in [-0.1, -0.05) is 32.1 Å². The molecule has 0 aromatic carbocycles. The molecule has 2 amide bonds. The number of hydrogen-bond donors (Lipinski definition) is 2. The highest BCUT2D eigenvalue weighted by atomic mass is 16.2. The number of hydrogen-bond acceptors (Lipinski definition) is 8. The second-order valence-corrected chi connectivity index (χ2v) is 16.6. The van der Waals surface area contributed by atoms with E-state index >= 15 is 0 Å². The van der Waals surface area contributed by atoms with Gasteiger partial charge in [0.05, 0.1) is 21.9 Å². The van der Waals surface area contributed by atoms with Crippen molar-refractivity contribution in [3.05, 3.63) is 37.2 Å². The third-order valence-corrected chi connectivity index (χ3v) is 13.1. The Balaban J connectivity index is 0.000000138. The topological polar surface area (TPSA) is 130 Å². The highest BCUT2D eigenvalue weighted by Crippen LogP contribution is 2.47. The lowest BCUT2D eigenvalue weighted by atomic mass is 9.87. The van der Waals surface area contributed by atoms with E-state index in [9.17, 15) is 9.59 Å². The molecule has 2 saturated heterocycles. The minimum absolute atomic E-state index is 0.0403. The van der Waals surface area contributed by atoms with Gasteiger partial charge in [0.25, 0.3) is 0 Å². The maximum absolute atomic E-state index is 13.3. The maximum atomic E-state index is 13.3. The molecule has 4 saturated carbocycles. The van der Waals surface area contributed by atoms with Crippen molar-refractivity contribution >= 4 is 45.5 Å². The Labute approximate surface area is 306 Å². The lowest BCUT2D eigenvalue weighted by molar-refractivity contribution is -0.139. The first-order valence-electron chi connectivity index (χ1n) is 20.2. The molecule has 0 radical (unpaired) electrons. The summed E-state index contributed by atoms with van der Waals surface area (Å²) in [4.78, 5) is 59.7. The summed E-state index contributed by atoms with van der Waals surface area (Å²) in [7, 11) is 0. The third kappa shape index (κ3) is 6.51. The molecule has 276 valence electrons. The number of rotatable bonds is 5. The number of carbonyl (C=O) groups is 2. The van der Waals surface area contributed by atoms with Crippen molar-refractivity contribution in [1.29, 1.82) is 0 Å². The highest BCUT2D eigenvalue weighted by molar-refractivity contribution is 5.88. The van der Waals surface area contributed by atoms with Crippen LogP contribution in [-0.4, -0.2) is 102 Å². The molecule has 2 spiro atoms. The van der Waals surface area contributed by atoms with Gasteiger partial charge in [-0.25, -0.2) is 19.9 Å². The van der Waals surface area contributed by atoms with Crippen LogP contribution in [-0.2, 0) is 9.59 Å². The maximum Gasteiger partial charge on any atom is 0.226 e. The molecule has 6 fully saturated rings. The normalized spacial score (nSPS) is 23.2. The Bertz CT molecular complexity index is 1880. The van der Waals surface area contributed by atoms with Gasteiger partial charge < -0.3 is 29.6 Å². The molecule has 0 atom stereocenters. The molecule has 0 bridgehead atoms. The summed E-state index contributed by atoms with van der Waals surface area (Å²) in [6.07, 6.45) is 25.4. The molecule has 12 nitrogen and oxygen atoms in total. The SMILES string of the molecule is O=C(C1CCCCC1)N1CCCN(c2ncnc3[nH]ccc23)CC12CC2.O=C(CC1CCCC1)N1CCCN(c2ncnc3[nH]ccc23)CC12CC2. The number of amides is 2. The fourth-order valence-electron chi connectivity index (χ4n) is 9.96. The minimum Gasteiger partial charge on any atom is -0.354 e. The number of fused-ring (bicyclic) bond motifs is 2. The van der Waals surface area contributed by atoms with Crippen LogP contribution in [0.5, 0.6) is 0 Å². The number of carbonyl (C=O) groups excluding carboxylic acids is 2. The van der Waals surface area contributed by atoms with Crippen LogP contribution in [0.25, 0.3) is 22.1 Å². The van der Waals surface area contributed by atoms with E-state index < -0.39 is 0 Å². The van der Waals surface area contributed by atoms with E-state index in [2.05, 4.69) is 61.6 Å². The first-order valence-corrected chi connectivity index (χ1v) is 20.2. The smallest absolute Gasteiger partial charge is 0.226 e. The average Bonchev–Trinajstić information content (AvgIpc) is 3.93. The summed E-state index contributed by atoms with van der Waals surface area (Å²) < 4.78 is 0. The van der Waals surface area contributed by atoms with Crippen molar-refractivity contribution in [1.82, 2.24) is 39.7 Å². The number of aromatic amines is 2. The van der Waals surface area contributed by atoms with Gasteiger partial charge in [0, 0.05) is 64.0 Å². The van der Waals surface area contributed by atoms with Gasteiger partial charge in [-0.2, -0.15) is 0 Å². The molecule has 0 unspecified atom stereocenters. The Hall–Kier alpha value is -4.22. The van der Waals surface area contributed by atoms with Crippen molar-refractivity contribution < 1.29 is 9.59 Å².